The van der Waals surface area contributed by atoms with Crippen LogP contribution >= 0.6 is 0 Å². The normalized spacial score (nSPS) is 24.4. The number of ether oxygens (including phenoxy) is 1. The Morgan fingerprint density at radius 3 is 2.60 bits per heavy atom. The number of allylic oxidation sites excluding steroid dienone is 3. The van der Waals surface area contributed by atoms with Crippen molar-refractivity contribution in [2.24, 2.45) is 5.41 Å². The molecular weight excluding hydrogens is 255 g/mol. The zero-order chi connectivity index (χ0) is 14.3. The van der Waals surface area contributed by atoms with Crippen molar-refractivity contribution in [3.63, 3.8) is 0 Å². The lowest BCUT2D eigenvalue weighted by atomic mass is 9.72. The highest BCUT2D eigenvalue weighted by atomic mass is 19.1. The predicted octanol–water partition coefficient (Wildman–Crippen LogP) is 4.10. The molecule has 104 valence electrons. The van der Waals surface area contributed by atoms with E-state index in [0.717, 1.165) is 23.3 Å². The average Bonchev–Trinajstić information content (AvgIpc) is 2.37. The van der Waals surface area contributed by atoms with Gasteiger partial charge in [0.25, 0.3) is 0 Å². The Balaban J connectivity index is 2.02. The maximum absolute atomic E-state index is 13.0. The second-order valence-corrected chi connectivity index (χ2v) is 6.25. The number of benzene rings is 1. The second-order valence-electron chi connectivity index (χ2n) is 6.25. The standard InChI is InChI=1S/C17H17FO2/c1-17(2)9-14(19)16-13(7-8-20-15(16)10-17)11-3-5-12(18)6-4-11/h3-8,13H,9-10H2,1-2H3. The molecule has 3 heteroatoms. The van der Waals surface area contributed by atoms with Crippen LogP contribution in [0.3, 0.4) is 0 Å². The second kappa shape index (κ2) is 4.58. The lowest BCUT2D eigenvalue weighted by Gasteiger charge is -2.35. The van der Waals surface area contributed by atoms with Gasteiger partial charge in [-0.1, -0.05) is 26.0 Å². The third-order valence-electron chi connectivity index (χ3n) is 3.90. The minimum absolute atomic E-state index is 0.0611. The zero-order valence-corrected chi connectivity index (χ0v) is 11.7. The Hall–Kier alpha value is -1.90. The smallest absolute Gasteiger partial charge is 0.163 e. The van der Waals surface area contributed by atoms with E-state index in [1.54, 1.807) is 18.4 Å². The van der Waals surface area contributed by atoms with Gasteiger partial charge in [-0.25, -0.2) is 4.39 Å². The highest BCUT2D eigenvalue weighted by Gasteiger charge is 2.38. The van der Waals surface area contributed by atoms with Crippen LogP contribution in [0.1, 0.15) is 38.2 Å². The average molecular weight is 272 g/mol. The molecule has 20 heavy (non-hydrogen) atoms. The fourth-order valence-electron chi connectivity index (χ4n) is 2.97. The summed E-state index contributed by atoms with van der Waals surface area (Å²) in [5.41, 5.74) is 1.60. The van der Waals surface area contributed by atoms with Gasteiger partial charge >= 0.3 is 0 Å². The van der Waals surface area contributed by atoms with Crippen LogP contribution in [0.4, 0.5) is 4.39 Å². The molecule has 0 saturated heterocycles. The SMILES string of the molecule is CC1(C)CC(=O)C2=C(C1)OC=CC2c1ccc(F)cc1. The quantitative estimate of drug-likeness (QED) is 0.769. The van der Waals surface area contributed by atoms with Gasteiger partial charge in [-0.15, -0.1) is 0 Å². The molecule has 0 radical (unpaired) electrons. The van der Waals surface area contributed by atoms with E-state index >= 15 is 0 Å². The minimum Gasteiger partial charge on any atom is -0.469 e. The van der Waals surface area contributed by atoms with Gasteiger partial charge in [0.05, 0.1) is 6.26 Å². The molecule has 1 aliphatic carbocycles. The van der Waals surface area contributed by atoms with E-state index in [-0.39, 0.29) is 22.9 Å². The first-order valence-corrected chi connectivity index (χ1v) is 6.81. The molecule has 1 heterocycles. The fraction of sp³-hybridized carbons (Fsp3) is 0.353. The summed E-state index contributed by atoms with van der Waals surface area (Å²) in [7, 11) is 0. The van der Waals surface area contributed by atoms with Crippen LogP contribution in [0.15, 0.2) is 47.9 Å². The van der Waals surface area contributed by atoms with E-state index in [4.69, 9.17) is 4.74 Å². The van der Waals surface area contributed by atoms with Gasteiger partial charge < -0.3 is 4.74 Å². The molecule has 0 fully saturated rings. The number of carbonyl (C=O) groups is 1. The lowest BCUT2D eigenvalue weighted by molar-refractivity contribution is -0.118. The van der Waals surface area contributed by atoms with Gasteiger partial charge in [-0.2, -0.15) is 0 Å². The highest BCUT2D eigenvalue weighted by Crippen LogP contribution is 2.44. The molecule has 1 aromatic carbocycles. The van der Waals surface area contributed by atoms with Crippen molar-refractivity contribution >= 4 is 5.78 Å². The molecule has 3 rings (SSSR count). The molecule has 2 nitrogen and oxygen atoms in total. The molecule has 0 bridgehead atoms. The van der Waals surface area contributed by atoms with Gasteiger partial charge in [-0.3, -0.25) is 4.79 Å². The molecule has 0 saturated carbocycles. The highest BCUT2D eigenvalue weighted by molar-refractivity contribution is 5.99. The molecular formula is C17H17FO2. The largest absolute Gasteiger partial charge is 0.469 e. The van der Waals surface area contributed by atoms with Crippen molar-refractivity contribution < 1.29 is 13.9 Å². The molecule has 1 unspecified atom stereocenters. The van der Waals surface area contributed by atoms with Gasteiger partial charge in [-0.05, 0) is 29.2 Å². The summed E-state index contributed by atoms with van der Waals surface area (Å²) in [6, 6.07) is 6.31. The molecule has 2 aliphatic rings. The first kappa shape index (κ1) is 13.1. The minimum atomic E-state index is -0.268. The number of ketones is 1. The van der Waals surface area contributed by atoms with Gasteiger partial charge in [0.15, 0.2) is 5.78 Å². The van der Waals surface area contributed by atoms with Gasteiger partial charge in [0.1, 0.15) is 11.6 Å². The van der Waals surface area contributed by atoms with Crippen LogP contribution in [0, 0.1) is 11.2 Å². The third kappa shape index (κ3) is 2.28. The van der Waals surface area contributed by atoms with Crippen LogP contribution < -0.4 is 0 Å². The summed E-state index contributed by atoms with van der Waals surface area (Å²) < 4.78 is 18.6. The molecule has 0 spiro atoms. The molecule has 1 atom stereocenters. The van der Waals surface area contributed by atoms with E-state index in [2.05, 4.69) is 13.8 Å². The summed E-state index contributed by atoms with van der Waals surface area (Å²) >= 11 is 0. The Labute approximate surface area is 117 Å². The summed E-state index contributed by atoms with van der Waals surface area (Å²) in [6.07, 6.45) is 4.79. The van der Waals surface area contributed by atoms with Crippen molar-refractivity contribution in [3.05, 3.63) is 59.3 Å². The molecule has 0 amide bonds. The Kier molecular flexibility index (Phi) is 3.00. The predicted molar refractivity (Wildman–Crippen MR) is 74.4 cm³/mol. The number of carbonyl (C=O) groups excluding carboxylic acids is 1. The van der Waals surface area contributed by atoms with Crippen LogP contribution in [-0.4, -0.2) is 5.78 Å². The number of rotatable bonds is 1. The van der Waals surface area contributed by atoms with E-state index < -0.39 is 0 Å². The zero-order valence-electron chi connectivity index (χ0n) is 11.7. The number of hydrogen-bond acceptors (Lipinski definition) is 2. The van der Waals surface area contributed by atoms with Gasteiger partial charge in [0.2, 0.25) is 0 Å². The number of hydrogen-bond donors (Lipinski definition) is 0. The van der Waals surface area contributed by atoms with E-state index in [9.17, 15) is 9.18 Å². The van der Waals surface area contributed by atoms with Crippen molar-refractivity contribution in [1.29, 1.82) is 0 Å². The van der Waals surface area contributed by atoms with E-state index in [0.29, 0.717) is 6.42 Å². The van der Waals surface area contributed by atoms with Crippen molar-refractivity contribution in [2.75, 3.05) is 0 Å². The topological polar surface area (TPSA) is 26.3 Å². The summed E-state index contributed by atoms with van der Waals surface area (Å²) in [4.78, 5) is 12.4. The van der Waals surface area contributed by atoms with Crippen LogP contribution in [0.25, 0.3) is 0 Å². The maximum atomic E-state index is 13.0. The monoisotopic (exact) mass is 272 g/mol. The maximum Gasteiger partial charge on any atom is 0.163 e. The van der Waals surface area contributed by atoms with Crippen LogP contribution in [-0.2, 0) is 9.53 Å². The van der Waals surface area contributed by atoms with E-state index in [1.165, 1.54) is 12.1 Å². The Morgan fingerprint density at radius 1 is 1.20 bits per heavy atom. The third-order valence-corrected chi connectivity index (χ3v) is 3.90. The van der Waals surface area contributed by atoms with Crippen LogP contribution in [0.5, 0.6) is 0 Å². The first-order chi connectivity index (χ1) is 9.46. The van der Waals surface area contributed by atoms with Gasteiger partial charge in [0, 0.05) is 24.3 Å². The Bertz CT molecular complexity index is 608. The molecule has 0 aromatic heterocycles. The summed E-state index contributed by atoms with van der Waals surface area (Å²) in [5.74, 6) is 0.510. The lowest BCUT2D eigenvalue weighted by Crippen LogP contribution is -2.29. The fourth-order valence-corrected chi connectivity index (χ4v) is 2.97. The number of halogens is 1. The summed E-state index contributed by atoms with van der Waals surface area (Å²) in [5, 5.41) is 0. The van der Waals surface area contributed by atoms with Crippen molar-refractivity contribution in [1.82, 2.24) is 0 Å². The summed E-state index contributed by atoms with van der Waals surface area (Å²) in [6.45, 7) is 4.15. The molecule has 1 aromatic rings. The first-order valence-electron chi connectivity index (χ1n) is 6.81. The molecule has 0 N–H and O–H groups in total. The van der Waals surface area contributed by atoms with Crippen molar-refractivity contribution in [3.8, 4) is 0 Å². The Morgan fingerprint density at radius 2 is 1.90 bits per heavy atom. The van der Waals surface area contributed by atoms with Crippen molar-refractivity contribution in [2.45, 2.75) is 32.6 Å². The van der Waals surface area contributed by atoms with Crippen LogP contribution in [0.2, 0.25) is 0 Å². The molecule has 1 aliphatic heterocycles. The number of Topliss-reactive ketones (excluding diaryl/α,β-unsaturated/α-hetero) is 1. The van der Waals surface area contributed by atoms with E-state index in [1.807, 2.05) is 6.08 Å².